The summed E-state index contributed by atoms with van der Waals surface area (Å²) >= 11 is 0. The zero-order valence-electron chi connectivity index (χ0n) is 9.80. The largest absolute Gasteiger partial charge is 0.103 e. The lowest BCUT2D eigenvalue weighted by Crippen LogP contribution is -1.90. The fraction of sp³-hybridized carbons (Fsp3) is 0.857. The second-order valence-corrected chi connectivity index (χ2v) is 4.91. The maximum Gasteiger partial charge on any atom is -0.0353 e. The quantitative estimate of drug-likeness (QED) is 0.439. The van der Waals surface area contributed by atoms with Crippen LogP contribution < -0.4 is 0 Å². The van der Waals surface area contributed by atoms with E-state index in [-0.39, 0.29) is 0 Å². The fourth-order valence-corrected chi connectivity index (χ4v) is 2.71. The molecule has 2 aliphatic rings. The van der Waals surface area contributed by atoms with E-state index in [0.29, 0.717) is 0 Å². The zero-order valence-corrected chi connectivity index (χ0v) is 9.80. The molecule has 2 saturated carbocycles. The summed E-state index contributed by atoms with van der Waals surface area (Å²) in [6.45, 7) is 5.84. The first-order chi connectivity index (χ1) is 6.86. The fourth-order valence-electron chi connectivity index (χ4n) is 2.71. The van der Waals surface area contributed by atoms with E-state index in [1.807, 2.05) is 6.08 Å². The van der Waals surface area contributed by atoms with Gasteiger partial charge in [0.1, 0.15) is 0 Å². The Bertz CT molecular complexity index is 130. The van der Waals surface area contributed by atoms with Crippen LogP contribution in [0.4, 0.5) is 0 Å². The van der Waals surface area contributed by atoms with Crippen molar-refractivity contribution in [2.45, 2.75) is 64.7 Å². The maximum atomic E-state index is 3.63. The van der Waals surface area contributed by atoms with E-state index >= 15 is 0 Å². The summed E-state index contributed by atoms with van der Waals surface area (Å²) in [5, 5.41) is 0. The minimum absolute atomic E-state index is 1.17. The molecule has 2 fully saturated rings. The van der Waals surface area contributed by atoms with Crippen molar-refractivity contribution in [3.8, 4) is 0 Å². The number of unbranched alkanes of at least 4 members (excludes halogenated alkanes) is 3. The lowest BCUT2D eigenvalue weighted by Gasteiger charge is -2.05. The molecule has 2 bridgehead atoms. The lowest BCUT2D eigenvalue weighted by molar-refractivity contribution is 0.480. The lowest BCUT2D eigenvalue weighted by atomic mass is 10.0. The predicted molar refractivity (Wildman–Crippen MR) is 64.4 cm³/mol. The summed E-state index contributed by atoms with van der Waals surface area (Å²) < 4.78 is 0. The number of hydrogen-bond acceptors (Lipinski definition) is 0. The third kappa shape index (κ3) is 4.30. The molecule has 0 aromatic rings. The molecular formula is C14H26. The first-order valence-corrected chi connectivity index (χ1v) is 6.47. The molecule has 0 aromatic heterocycles. The molecule has 0 heterocycles. The SMILES string of the molecule is C1CC2CCC1C2.C=CCCCCC. The van der Waals surface area contributed by atoms with Crippen LogP contribution in [0, 0.1) is 11.8 Å². The van der Waals surface area contributed by atoms with Crippen LogP contribution in [-0.4, -0.2) is 0 Å². The third-order valence-corrected chi connectivity index (χ3v) is 3.64. The molecular weight excluding hydrogens is 168 g/mol. The van der Waals surface area contributed by atoms with Crippen molar-refractivity contribution in [3.63, 3.8) is 0 Å². The summed E-state index contributed by atoms with van der Waals surface area (Å²) in [6.07, 6.45) is 15.0. The van der Waals surface area contributed by atoms with Crippen LogP contribution in [0.15, 0.2) is 12.7 Å². The van der Waals surface area contributed by atoms with Crippen molar-refractivity contribution in [1.82, 2.24) is 0 Å². The average molecular weight is 194 g/mol. The van der Waals surface area contributed by atoms with Crippen molar-refractivity contribution >= 4 is 0 Å². The van der Waals surface area contributed by atoms with E-state index in [1.165, 1.54) is 37.5 Å². The van der Waals surface area contributed by atoms with Crippen molar-refractivity contribution in [1.29, 1.82) is 0 Å². The van der Waals surface area contributed by atoms with Crippen LogP contribution in [0.25, 0.3) is 0 Å². The standard InChI is InChI=1S/C7H12.C7H14/c1-2-7-4-3-6(1)5-7;1-3-5-7-6-4-2/h6-7H,1-5H2;3H,1,4-7H2,2H3. The second kappa shape index (κ2) is 7.09. The van der Waals surface area contributed by atoms with Crippen LogP contribution in [0.2, 0.25) is 0 Å². The highest BCUT2D eigenvalue weighted by molar-refractivity contribution is 4.82. The van der Waals surface area contributed by atoms with Gasteiger partial charge in [-0.25, -0.2) is 0 Å². The van der Waals surface area contributed by atoms with Gasteiger partial charge < -0.3 is 0 Å². The Morgan fingerprint density at radius 2 is 1.64 bits per heavy atom. The molecule has 0 radical (unpaired) electrons. The van der Waals surface area contributed by atoms with Gasteiger partial charge >= 0.3 is 0 Å². The predicted octanol–water partition coefficient (Wildman–Crippen LogP) is 4.95. The average Bonchev–Trinajstić information content (AvgIpc) is 2.83. The number of hydrogen-bond donors (Lipinski definition) is 0. The Labute approximate surface area is 89.8 Å². The number of allylic oxidation sites excluding steroid dienone is 1. The molecule has 0 saturated heterocycles. The van der Waals surface area contributed by atoms with Crippen molar-refractivity contribution in [2.75, 3.05) is 0 Å². The van der Waals surface area contributed by atoms with E-state index in [4.69, 9.17) is 0 Å². The molecule has 0 N–H and O–H groups in total. The molecule has 0 heteroatoms. The molecule has 0 spiro atoms. The molecule has 0 amide bonds. The first kappa shape index (κ1) is 11.8. The topological polar surface area (TPSA) is 0 Å². The summed E-state index contributed by atoms with van der Waals surface area (Å²) in [4.78, 5) is 0. The minimum atomic E-state index is 1.17. The Kier molecular flexibility index (Phi) is 5.98. The Morgan fingerprint density at radius 1 is 1.07 bits per heavy atom. The second-order valence-electron chi connectivity index (χ2n) is 4.91. The van der Waals surface area contributed by atoms with Crippen LogP contribution >= 0.6 is 0 Å². The molecule has 0 aromatic carbocycles. The molecule has 0 aliphatic heterocycles. The van der Waals surface area contributed by atoms with Gasteiger partial charge in [0, 0.05) is 0 Å². The van der Waals surface area contributed by atoms with Gasteiger partial charge in [-0.05, 0) is 31.1 Å². The minimum Gasteiger partial charge on any atom is -0.103 e. The smallest absolute Gasteiger partial charge is 0.0353 e. The van der Waals surface area contributed by atoms with Gasteiger partial charge in [0.05, 0.1) is 0 Å². The summed E-state index contributed by atoms with van der Waals surface area (Å²) in [5.41, 5.74) is 0. The summed E-state index contributed by atoms with van der Waals surface area (Å²) in [7, 11) is 0. The van der Waals surface area contributed by atoms with Crippen LogP contribution in [-0.2, 0) is 0 Å². The summed E-state index contributed by atoms with van der Waals surface area (Å²) in [6, 6.07) is 0. The highest BCUT2D eigenvalue weighted by Gasteiger charge is 2.30. The highest BCUT2D eigenvalue weighted by Crippen LogP contribution is 2.43. The van der Waals surface area contributed by atoms with E-state index in [9.17, 15) is 0 Å². The molecule has 14 heavy (non-hydrogen) atoms. The Morgan fingerprint density at radius 3 is 1.93 bits per heavy atom. The first-order valence-electron chi connectivity index (χ1n) is 6.47. The van der Waals surface area contributed by atoms with Crippen molar-refractivity contribution in [3.05, 3.63) is 12.7 Å². The number of fused-ring (bicyclic) bond motifs is 2. The monoisotopic (exact) mass is 194 g/mol. The van der Waals surface area contributed by atoms with Gasteiger partial charge in [-0.15, -0.1) is 6.58 Å². The summed E-state index contributed by atoms with van der Waals surface area (Å²) in [5.74, 6) is 2.34. The van der Waals surface area contributed by atoms with Gasteiger partial charge in [0.15, 0.2) is 0 Å². The van der Waals surface area contributed by atoms with E-state index in [1.54, 1.807) is 32.1 Å². The molecule has 0 unspecified atom stereocenters. The molecule has 82 valence electrons. The van der Waals surface area contributed by atoms with Crippen molar-refractivity contribution < 1.29 is 0 Å². The van der Waals surface area contributed by atoms with Gasteiger partial charge in [-0.1, -0.05) is 51.5 Å². The van der Waals surface area contributed by atoms with Crippen LogP contribution in [0.1, 0.15) is 64.7 Å². The normalized spacial score (nSPS) is 28.4. The van der Waals surface area contributed by atoms with Gasteiger partial charge in [-0.3, -0.25) is 0 Å². The molecule has 2 aliphatic carbocycles. The van der Waals surface area contributed by atoms with Crippen LogP contribution in [0.3, 0.4) is 0 Å². The van der Waals surface area contributed by atoms with Gasteiger partial charge in [-0.2, -0.15) is 0 Å². The zero-order chi connectivity index (χ0) is 10.2. The molecule has 0 atom stereocenters. The highest BCUT2D eigenvalue weighted by atomic mass is 14.4. The van der Waals surface area contributed by atoms with E-state index in [0.717, 1.165) is 0 Å². The van der Waals surface area contributed by atoms with E-state index < -0.39 is 0 Å². The number of rotatable bonds is 4. The Balaban J connectivity index is 0.000000140. The van der Waals surface area contributed by atoms with Gasteiger partial charge in [0.25, 0.3) is 0 Å². The van der Waals surface area contributed by atoms with Gasteiger partial charge in [0.2, 0.25) is 0 Å². The molecule has 0 nitrogen and oxygen atoms in total. The van der Waals surface area contributed by atoms with Crippen molar-refractivity contribution in [2.24, 2.45) is 11.8 Å². The maximum absolute atomic E-state index is 3.63. The third-order valence-electron chi connectivity index (χ3n) is 3.64. The molecule has 2 rings (SSSR count). The van der Waals surface area contributed by atoms with E-state index in [2.05, 4.69) is 13.5 Å². The van der Waals surface area contributed by atoms with Crippen LogP contribution in [0.5, 0.6) is 0 Å². The Hall–Kier alpha value is -0.260.